The minimum Gasteiger partial charge on any atom is -0.477 e. The zero-order chi connectivity index (χ0) is 19.8. The first-order valence-electron chi connectivity index (χ1n) is 9.29. The van der Waals surface area contributed by atoms with Crippen molar-refractivity contribution in [2.45, 2.75) is 58.1 Å². The lowest BCUT2D eigenvalue weighted by Crippen LogP contribution is -2.33. The van der Waals surface area contributed by atoms with Crippen LogP contribution in [0, 0.1) is 17.8 Å². The molecule has 0 saturated carbocycles. The van der Waals surface area contributed by atoms with Crippen molar-refractivity contribution in [2.24, 2.45) is 5.92 Å². The Kier molecular flexibility index (Phi) is 8.08. The van der Waals surface area contributed by atoms with E-state index in [1.165, 1.54) is 11.3 Å². The summed E-state index contributed by atoms with van der Waals surface area (Å²) in [5.41, 5.74) is 0. The lowest BCUT2D eigenvalue weighted by molar-refractivity contribution is -0.128. The molecular weight excluding hydrogens is 362 g/mol. The van der Waals surface area contributed by atoms with Crippen LogP contribution in [-0.4, -0.2) is 45.7 Å². The van der Waals surface area contributed by atoms with Gasteiger partial charge < -0.3 is 15.1 Å². The number of rotatable bonds is 9. The van der Waals surface area contributed by atoms with Gasteiger partial charge in [0.1, 0.15) is 4.88 Å². The molecule has 1 fully saturated rings. The molecule has 3 atom stereocenters. The highest BCUT2D eigenvalue weighted by molar-refractivity contribution is 7.13. The third-order valence-corrected chi connectivity index (χ3v) is 5.92. The second-order valence-electron chi connectivity index (χ2n) is 6.85. The molecule has 0 bridgehead atoms. The van der Waals surface area contributed by atoms with E-state index in [9.17, 15) is 14.7 Å². The SMILES string of the molecule is CC#CC[C@H](C)[C@H](O)/C=C/C1CCC(=O)N1CCCc1ccc(C(=O)O)s1. The van der Waals surface area contributed by atoms with E-state index in [0.717, 1.165) is 24.1 Å². The molecular formula is C21H27NO4S. The van der Waals surface area contributed by atoms with Crippen LogP contribution in [0.2, 0.25) is 0 Å². The van der Waals surface area contributed by atoms with Crippen LogP contribution in [-0.2, 0) is 11.2 Å². The largest absolute Gasteiger partial charge is 0.477 e. The first-order valence-corrected chi connectivity index (χ1v) is 10.1. The van der Waals surface area contributed by atoms with Gasteiger partial charge in [0, 0.05) is 24.3 Å². The van der Waals surface area contributed by atoms with Gasteiger partial charge in [-0.25, -0.2) is 4.79 Å². The van der Waals surface area contributed by atoms with E-state index in [-0.39, 0.29) is 17.9 Å². The van der Waals surface area contributed by atoms with Crippen LogP contribution >= 0.6 is 11.3 Å². The number of aliphatic hydroxyl groups is 1. The van der Waals surface area contributed by atoms with Crippen LogP contribution < -0.4 is 0 Å². The molecule has 6 heteroatoms. The Balaban J connectivity index is 1.86. The number of amides is 1. The Morgan fingerprint density at radius 1 is 1.48 bits per heavy atom. The summed E-state index contributed by atoms with van der Waals surface area (Å²) in [4.78, 5) is 26.3. The number of aromatic carboxylic acids is 1. The molecule has 0 aliphatic carbocycles. The van der Waals surface area contributed by atoms with Crippen molar-refractivity contribution in [1.82, 2.24) is 4.90 Å². The fourth-order valence-electron chi connectivity index (χ4n) is 3.11. The summed E-state index contributed by atoms with van der Waals surface area (Å²) in [7, 11) is 0. The zero-order valence-corrected chi connectivity index (χ0v) is 16.7. The Morgan fingerprint density at radius 2 is 2.26 bits per heavy atom. The molecule has 0 aromatic carbocycles. The molecule has 1 aliphatic rings. The predicted octanol–water partition coefficient (Wildman–Crippen LogP) is 3.34. The standard InChI is InChI=1S/C21H27NO4S/c1-3-4-6-15(2)18(23)11-8-16-9-13-20(24)22(16)14-5-7-17-10-12-19(27-17)21(25)26/h8,10-12,15-16,18,23H,5-7,9,13-14H2,1-2H3,(H,25,26)/b11-8+/t15-,16?,18+/m0/s1. The summed E-state index contributed by atoms with van der Waals surface area (Å²) < 4.78 is 0. The van der Waals surface area contributed by atoms with E-state index >= 15 is 0 Å². The summed E-state index contributed by atoms with van der Waals surface area (Å²) in [6.07, 6.45) is 6.67. The second kappa shape index (κ2) is 10.3. The van der Waals surface area contributed by atoms with E-state index in [1.54, 1.807) is 19.1 Å². The van der Waals surface area contributed by atoms with Crippen LogP contribution in [0.25, 0.3) is 0 Å². The number of carbonyl (C=O) groups excluding carboxylic acids is 1. The van der Waals surface area contributed by atoms with Crippen molar-refractivity contribution in [3.05, 3.63) is 34.0 Å². The van der Waals surface area contributed by atoms with Crippen LogP contribution in [0.3, 0.4) is 0 Å². The van der Waals surface area contributed by atoms with E-state index in [2.05, 4.69) is 11.8 Å². The molecule has 1 saturated heterocycles. The van der Waals surface area contributed by atoms with Gasteiger partial charge >= 0.3 is 5.97 Å². The smallest absolute Gasteiger partial charge is 0.345 e. The highest BCUT2D eigenvalue weighted by Crippen LogP contribution is 2.23. The van der Waals surface area contributed by atoms with Gasteiger partial charge in [-0.3, -0.25) is 4.79 Å². The van der Waals surface area contributed by atoms with Gasteiger partial charge in [-0.2, -0.15) is 0 Å². The number of thiophene rings is 1. The normalized spacial score (nSPS) is 19.1. The topological polar surface area (TPSA) is 77.8 Å². The van der Waals surface area contributed by atoms with Gasteiger partial charge in [0.25, 0.3) is 0 Å². The molecule has 2 heterocycles. The van der Waals surface area contributed by atoms with Crippen LogP contribution in [0.15, 0.2) is 24.3 Å². The highest BCUT2D eigenvalue weighted by atomic mass is 32.1. The molecule has 27 heavy (non-hydrogen) atoms. The quantitative estimate of drug-likeness (QED) is 0.502. The van der Waals surface area contributed by atoms with Crippen molar-refractivity contribution >= 4 is 23.2 Å². The van der Waals surface area contributed by atoms with Crippen molar-refractivity contribution in [1.29, 1.82) is 0 Å². The van der Waals surface area contributed by atoms with E-state index in [0.29, 0.717) is 24.3 Å². The Hall–Kier alpha value is -2.10. The third-order valence-electron chi connectivity index (χ3n) is 4.78. The summed E-state index contributed by atoms with van der Waals surface area (Å²) in [5.74, 6) is 5.12. The number of likely N-dealkylation sites (tertiary alicyclic amines) is 1. The molecule has 1 unspecified atom stereocenters. The van der Waals surface area contributed by atoms with E-state index in [4.69, 9.17) is 5.11 Å². The van der Waals surface area contributed by atoms with Crippen LogP contribution in [0.5, 0.6) is 0 Å². The van der Waals surface area contributed by atoms with Gasteiger partial charge in [0.15, 0.2) is 0 Å². The van der Waals surface area contributed by atoms with Gasteiger partial charge in [-0.05, 0) is 44.2 Å². The average molecular weight is 390 g/mol. The van der Waals surface area contributed by atoms with E-state index in [1.807, 2.05) is 24.0 Å². The Morgan fingerprint density at radius 3 is 2.93 bits per heavy atom. The van der Waals surface area contributed by atoms with Gasteiger partial charge in [-0.15, -0.1) is 23.2 Å². The summed E-state index contributed by atoms with van der Waals surface area (Å²) in [5, 5.41) is 19.2. The van der Waals surface area contributed by atoms with Crippen molar-refractivity contribution < 1.29 is 19.8 Å². The van der Waals surface area contributed by atoms with Crippen LogP contribution in [0.4, 0.5) is 0 Å². The average Bonchev–Trinajstić information content (AvgIpc) is 3.25. The number of carbonyl (C=O) groups is 2. The molecule has 146 valence electrons. The molecule has 0 radical (unpaired) electrons. The first kappa shape index (κ1) is 21.2. The number of hydrogen-bond acceptors (Lipinski definition) is 4. The molecule has 2 N–H and O–H groups in total. The number of hydrogen-bond donors (Lipinski definition) is 2. The minimum absolute atomic E-state index is 0.0227. The van der Waals surface area contributed by atoms with Crippen molar-refractivity contribution in [3.8, 4) is 11.8 Å². The van der Waals surface area contributed by atoms with Crippen LogP contribution in [0.1, 0.15) is 54.1 Å². The van der Waals surface area contributed by atoms with Gasteiger partial charge in [-0.1, -0.05) is 19.1 Å². The van der Waals surface area contributed by atoms with Gasteiger partial charge in [0.2, 0.25) is 5.91 Å². The summed E-state index contributed by atoms with van der Waals surface area (Å²) in [6.45, 7) is 4.39. The molecule has 2 rings (SSSR count). The highest BCUT2D eigenvalue weighted by Gasteiger charge is 2.28. The fraction of sp³-hybridized carbons (Fsp3) is 0.524. The maximum absolute atomic E-state index is 12.2. The monoisotopic (exact) mass is 389 g/mol. The number of aliphatic hydroxyl groups excluding tert-OH is 1. The molecule has 1 aliphatic heterocycles. The van der Waals surface area contributed by atoms with Gasteiger partial charge in [0.05, 0.1) is 12.1 Å². The zero-order valence-electron chi connectivity index (χ0n) is 15.9. The molecule has 1 aromatic heterocycles. The molecule has 5 nitrogen and oxygen atoms in total. The Bertz CT molecular complexity index is 743. The second-order valence-corrected chi connectivity index (χ2v) is 8.02. The number of carboxylic acid groups (broad SMARTS) is 1. The predicted molar refractivity (Wildman–Crippen MR) is 107 cm³/mol. The van der Waals surface area contributed by atoms with E-state index < -0.39 is 12.1 Å². The number of nitrogens with zero attached hydrogens (tertiary/aromatic N) is 1. The molecule has 0 spiro atoms. The Labute approximate surface area is 164 Å². The first-order chi connectivity index (χ1) is 12.9. The molecule has 1 amide bonds. The summed E-state index contributed by atoms with van der Waals surface area (Å²) in [6, 6.07) is 3.49. The fourth-order valence-corrected chi connectivity index (χ4v) is 4.00. The number of aryl methyl sites for hydroxylation is 1. The lowest BCUT2D eigenvalue weighted by Gasteiger charge is -2.23. The maximum Gasteiger partial charge on any atom is 0.345 e. The molecule has 1 aromatic rings. The van der Waals surface area contributed by atoms with Crippen molar-refractivity contribution in [2.75, 3.05) is 6.54 Å². The lowest BCUT2D eigenvalue weighted by atomic mass is 10.00. The van der Waals surface area contributed by atoms with Crippen molar-refractivity contribution in [3.63, 3.8) is 0 Å². The third kappa shape index (κ3) is 6.23. The summed E-state index contributed by atoms with van der Waals surface area (Å²) >= 11 is 1.29. The number of carboxylic acids is 1. The maximum atomic E-state index is 12.2. The minimum atomic E-state index is -0.899.